The number of benzene rings is 2. The van der Waals surface area contributed by atoms with Gasteiger partial charge in [-0.25, -0.2) is 4.79 Å². The fourth-order valence-electron chi connectivity index (χ4n) is 2.97. The van der Waals surface area contributed by atoms with Crippen molar-refractivity contribution in [1.29, 1.82) is 5.26 Å². The molecule has 0 aromatic heterocycles. The van der Waals surface area contributed by atoms with Crippen LogP contribution in [0.25, 0.3) is 5.57 Å². The maximum Gasteiger partial charge on any atom is 0.331 e. The van der Waals surface area contributed by atoms with Gasteiger partial charge in [-0.15, -0.1) is 0 Å². The van der Waals surface area contributed by atoms with Crippen LogP contribution >= 0.6 is 0 Å². The molecule has 140 valence electrons. The van der Waals surface area contributed by atoms with Crippen molar-refractivity contribution < 1.29 is 9.53 Å². The molecule has 0 amide bonds. The molecule has 1 atom stereocenters. The molecule has 0 aliphatic carbocycles. The standard InChI is InChI=1S/C24H27NO2/c1-2-20(12-6-5-11-17-25)19-27-24(26)18-23(21-13-7-3-8-14-21)22-15-9-4-10-16-22/h3-4,7-10,13-16,18,20H,2,5-6,11-12,19H2,1H3. The summed E-state index contributed by atoms with van der Waals surface area (Å²) in [6, 6.07) is 21.9. The van der Waals surface area contributed by atoms with E-state index in [1.54, 1.807) is 6.08 Å². The third-order valence-electron chi connectivity index (χ3n) is 4.62. The molecule has 0 saturated heterocycles. The summed E-state index contributed by atoms with van der Waals surface area (Å²) in [6.07, 6.45) is 6.04. The predicted octanol–water partition coefficient (Wildman–Crippen LogP) is 5.77. The summed E-state index contributed by atoms with van der Waals surface area (Å²) in [7, 11) is 0. The Morgan fingerprint density at radius 2 is 1.63 bits per heavy atom. The van der Waals surface area contributed by atoms with Gasteiger partial charge in [-0.3, -0.25) is 0 Å². The summed E-state index contributed by atoms with van der Waals surface area (Å²) in [5.74, 6) is 0.0334. The van der Waals surface area contributed by atoms with Crippen molar-refractivity contribution in [2.45, 2.75) is 39.0 Å². The van der Waals surface area contributed by atoms with Crippen molar-refractivity contribution in [3.05, 3.63) is 77.9 Å². The van der Waals surface area contributed by atoms with Gasteiger partial charge in [0.25, 0.3) is 0 Å². The van der Waals surface area contributed by atoms with Crippen LogP contribution in [0.2, 0.25) is 0 Å². The Morgan fingerprint density at radius 3 is 2.15 bits per heavy atom. The van der Waals surface area contributed by atoms with Crippen molar-refractivity contribution in [2.24, 2.45) is 5.92 Å². The van der Waals surface area contributed by atoms with Crippen molar-refractivity contribution in [2.75, 3.05) is 6.61 Å². The zero-order valence-corrected chi connectivity index (χ0v) is 15.9. The van der Waals surface area contributed by atoms with Gasteiger partial charge in [-0.05, 0) is 35.5 Å². The first-order valence-electron chi connectivity index (χ1n) is 9.60. The van der Waals surface area contributed by atoms with Crippen LogP contribution in [0.5, 0.6) is 0 Å². The topological polar surface area (TPSA) is 50.1 Å². The number of nitriles is 1. The van der Waals surface area contributed by atoms with Crippen molar-refractivity contribution in [3.8, 4) is 6.07 Å². The first-order valence-corrected chi connectivity index (χ1v) is 9.60. The molecule has 0 aliphatic heterocycles. The molecule has 0 radical (unpaired) electrons. The lowest BCUT2D eigenvalue weighted by Crippen LogP contribution is -2.13. The molecule has 1 unspecified atom stereocenters. The number of hydrogen-bond acceptors (Lipinski definition) is 3. The number of esters is 1. The molecule has 3 heteroatoms. The van der Waals surface area contributed by atoms with Crippen LogP contribution in [0.3, 0.4) is 0 Å². The highest BCUT2D eigenvalue weighted by Crippen LogP contribution is 2.23. The number of ether oxygens (including phenoxy) is 1. The fraction of sp³-hybridized carbons (Fsp3) is 0.333. The molecule has 0 spiro atoms. The number of rotatable bonds is 10. The number of hydrogen-bond donors (Lipinski definition) is 0. The van der Waals surface area contributed by atoms with E-state index in [0.717, 1.165) is 42.4 Å². The van der Waals surface area contributed by atoms with Crippen LogP contribution in [-0.2, 0) is 9.53 Å². The Morgan fingerprint density at radius 1 is 1.04 bits per heavy atom. The molecule has 27 heavy (non-hydrogen) atoms. The largest absolute Gasteiger partial charge is 0.462 e. The van der Waals surface area contributed by atoms with Gasteiger partial charge in [-0.2, -0.15) is 5.26 Å². The van der Waals surface area contributed by atoms with Gasteiger partial charge in [0.2, 0.25) is 0 Å². The minimum absolute atomic E-state index is 0.312. The lowest BCUT2D eigenvalue weighted by atomic mass is 9.97. The van der Waals surface area contributed by atoms with E-state index >= 15 is 0 Å². The predicted molar refractivity (Wildman–Crippen MR) is 109 cm³/mol. The lowest BCUT2D eigenvalue weighted by Gasteiger charge is -2.14. The Labute approximate surface area is 162 Å². The van der Waals surface area contributed by atoms with Gasteiger partial charge in [-0.1, -0.05) is 80.4 Å². The van der Waals surface area contributed by atoms with Crippen molar-refractivity contribution >= 4 is 11.5 Å². The minimum Gasteiger partial charge on any atom is -0.462 e. The first kappa shape index (κ1) is 20.5. The zero-order chi connectivity index (χ0) is 19.3. The second kappa shape index (κ2) is 11.7. The molecular weight excluding hydrogens is 334 g/mol. The second-order valence-electron chi connectivity index (χ2n) is 6.60. The van der Waals surface area contributed by atoms with E-state index in [-0.39, 0.29) is 5.97 Å². The quantitative estimate of drug-likeness (QED) is 0.306. The van der Waals surface area contributed by atoms with Gasteiger partial charge >= 0.3 is 5.97 Å². The summed E-state index contributed by atoms with van der Waals surface area (Å²) in [6.45, 7) is 2.53. The molecule has 0 bridgehead atoms. The number of carbonyl (C=O) groups is 1. The van der Waals surface area contributed by atoms with E-state index in [1.807, 2.05) is 60.7 Å². The highest BCUT2D eigenvalue weighted by Gasteiger charge is 2.11. The lowest BCUT2D eigenvalue weighted by molar-refractivity contribution is -0.139. The van der Waals surface area contributed by atoms with Crippen LogP contribution < -0.4 is 0 Å². The van der Waals surface area contributed by atoms with Crippen molar-refractivity contribution in [3.63, 3.8) is 0 Å². The molecule has 0 fully saturated rings. The molecule has 0 aliphatic rings. The maximum atomic E-state index is 12.5. The molecule has 2 aromatic carbocycles. The molecule has 0 saturated carbocycles. The number of unbranched alkanes of at least 4 members (excludes halogenated alkanes) is 2. The van der Waals surface area contributed by atoms with E-state index in [9.17, 15) is 4.79 Å². The molecule has 0 N–H and O–H groups in total. The zero-order valence-electron chi connectivity index (χ0n) is 15.9. The highest BCUT2D eigenvalue weighted by molar-refractivity contribution is 5.96. The monoisotopic (exact) mass is 361 g/mol. The smallest absolute Gasteiger partial charge is 0.331 e. The van der Waals surface area contributed by atoms with E-state index < -0.39 is 0 Å². The summed E-state index contributed by atoms with van der Waals surface area (Å²) < 4.78 is 5.55. The van der Waals surface area contributed by atoms with E-state index in [1.165, 1.54) is 0 Å². The van der Waals surface area contributed by atoms with Crippen LogP contribution in [0.15, 0.2) is 66.7 Å². The second-order valence-corrected chi connectivity index (χ2v) is 6.60. The van der Waals surface area contributed by atoms with Crippen LogP contribution in [0, 0.1) is 17.2 Å². The summed E-state index contributed by atoms with van der Waals surface area (Å²) in [5, 5.41) is 8.61. The van der Waals surface area contributed by atoms with Gasteiger partial charge in [0.05, 0.1) is 12.7 Å². The van der Waals surface area contributed by atoms with Crippen LogP contribution in [0.4, 0.5) is 0 Å². The third kappa shape index (κ3) is 7.11. The SMILES string of the molecule is CCC(CCCCC#N)COC(=O)C=C(c1ccccc1)c1ccccc1. The van der Waals surface area contributed by atoms with Gasteiger partial charge in [0, 0.05) is 12.5 Å². The number of carbonyl (C=O) groups excluding carboxylic acids is 1. The van der Waals surface area contributed by atoms with E-state index in [4.69, 9.17) is 10.00 Å². The molecular formula is C24H27NO2. The fourth-order valence-corrected chi connectivity index (χ4v) is 2.97. The van der Waals surface area contributed by atoms with Gasteiger partial charge < -0.3 is 4.74 Å². The molecule has 2 rings (SSSR count). The minimum atomic E-state index is -0.312. The van der Waals surface area contributed by atoms with E-state index in [0.29, 0.717) is 18.9 Å². The van der Waals surface area contributed by atoms with Gasteiger partial charge in [0.1, 0.15) is 0 Å². The third-order valence-corrected chi connectivity index (χ3v) is 4.62. The Bertz CT molecular complexity index is 718. The molecule has 3 nitrogen and oxygen atoms in total. The molecule has 0 heterocycles. The average Bonchev–Trinajstić information content (AvgIpc) is 2.73. The Balaban J connectivity index is 2.03. The van der Waals surface area contributed by atoms with Gasteiger partial charge in [0.15, 0.2) is 0 Å². The highest BCUT2D eigenvalue weighted by atomic mass is 16.5. The molecule has 2 aromatic rings. The Kier molecular flexibility index (Phi) is 8.86. The Hall–Kier alpha value is -2.86. The summed E-state index contributed by atoms with van der Waals surface area (Å²) >= 11 is 0. The summed E-state index contributed by atoms with van der Waals surface area (Å²) in [4.78, 5) is 12.5. The average molecular weight is 361 g/mol. The van der Waals surface area contributed by atoms with Crippen LogP contribution in [0.1, 0.15) is 50.2 Å². The summed E-state index contributed by atoms with van der Waals surface area (Å²) in [5.41, 5.74) is 2.84. The first-order chi connectivity index (χ1) is 13.2. The van der Waals surface area contributed by atoms with Crippen LogP contribution in [-0.4, -0.2) is 12.6 Å². The normalized spacial score (nSPS) is 11.3. The van der Waals surface area contributed by atoms with E-state index in [2.05, 4.69) is 13.0 Å². The van der Waals surface area contributed by atoms with Crippen molar-refractivity contribution in [1.82, 2.24) is 0 Å². The maximum absolute atomic E-state index is 12.5. The number of nitrogens with zero attached hydrogens (tertiary/aromatic N) is 1.